The SMILES string of the molecule is CN(c1cccc(C(=O)NCc2nc(-c3ccccc3Cl)no2)c1)S(C)(=O)=O. The van der Waals surface area contributed by atoms with Crippen LogP contribution in [0.1, 0.15) is 16.2 Å². The van der Waals surface area contributed by atoms with E-state index in [2.05, 4.69) is 15.5 Å². The predicted octanol–water partition coefficient (Wildman–Crippen LogP) is 2.72. The molecule has 0 aliphatic heterocycles. The fraction of sp³-hybridized carbons (Fsp3) is 0.167. The average Bonchev–Trinajstić information content (AvgIpc) is 3.14. The van der Waals surface area contributed by atoms with Gasteiger partial charge in [-0.05, 0) is 30.3 Å². The van der Waals surface area contributed by atoms with Gasteiger partial charge in [-0.3, -0.25) is 9.10 Å². The molecule has 1 heterocycles. The Balaban J connectivity index is 1.69. The van der Waals surface area contributed by atoms with E-state index in [1.54, 1.807) is 42.5 Å². The number of hydrogen-bond acceptors (Lipinski definition) is 6. The van der Waals surface area contributed by atoms with Crippen LogP contribution in [0.25, 0.3) is 11.4 Å². The molecule has 0 aliphatic rings. The molecular weight excluding hydrogens is 404 g/mol. The Bertz CT molecular complexity index is 1110. The topological polar surface area (TPSA) is 105 Å². The second-order valence-electron chi connectivity index (χ2n) is 5.96. The molecule has 0 bridgehead atoms. The number of sulfonamides is 1. The first kappa shape index (κ1) is 19.8. The van der Waals surface area contributed by atoms with Crippen molar-refractivity contribution in [1.82, 2.24) is 15.5 Å². The lowest BCUT2D eigenvalue weighted by atomic mass is 10.2. The highest BCUT2D eigenvalue weighted by molar-refractivity contribution is 7.92. The molecule has 146 valence electrons. The van der Waals surface area contributed by atoms with Crippen molar-refractivity contribution in [1.29, 1.82) is 0 Å². The molecule has 0 spiro atoms. The summed E-state index contributed by atoms with van der Waals surface area (Å²) >= 11 is 6.11. The number of aromatic nitrogens is 2. The second-order valence-corrected chi connectivity index (χ2v) is 8.38. The van der Waals surface area contributed by atoms with Gasteiger partial charge in [-0.2, -0.15) is 4.98 Å². The molecule has 0 unspecified atom stereocenters. The molecule has 0 saturated heterocycles. The summed E-state index contributed by atoms with van der Waals surface area (Å²) in [7, 11) is -2.01. The van der Waals surface area contributed by atoms with Gasteiger partial charge in [-0.15, -0.1) is 0 Å². The van der Waals surface area contributed by atoms with Crippen molar-refractivity contribution in [2.45, 2.75) is 6.54 Å². The van der Waals surface area contributed by atoms with E-state index in [0.717, 1.165) is 10.6 Å². The van der Waals surface area contributed by atoms with Gasteiger partial charge < -0.3 is 9.84 Å². The van der Waals surface area contributed by atoms with Crippen molar-refractivity contribution in [2.24, 2.45) is 0 Å². The second kappa shape index (κ2) is 7.99. The number of nitrogens with one attached hydrogen (secondary N) is 1. The molecule has 3 aromatic rings. The largest absolute Gasteiger partial charge is 0.343 e. The predicted molar refractivity (Wildman–Crippen MR) is 106 cm³/mol. The third-order valence-corrected chi connectivity index (χ3v) is 5.49. The van der Waals surface area contributed by atoms with Crippen molar-refractivity contribution in [3.05, 3.63) is 65.0 Å². The molecular formula is C18H17ClN4O4S. The van der Waals surface area contributed by atoms with Gasteiger partial charge in [0.05, 0.1) is 23.5 Å². The Morgan fingerprint density at radius 1 is 1.21 bits per heavy atom. The quantitative estimate of drug-likeness (QED) is 0.657. The van der Waals surface area contributed by atoms with Crippen LogP contribution in [0.3, 0.4) is 0 Å². The van der Waals surface area contributed by atoms with Crippen LogP contribution in [-0.2, 0) is 16.6 Å². The Morgan fingerprint density at radius 2 is 1.96 bits per heavy atom. The molecule has 1 amide bonds. The smallest absolute Gasteiger partial charge is 0.251 e. The minimum Gasteiger partial charge on any atom is -0.343 e. The van der Waals surface area contributed by atoms with Gasteiger partial charge in [0, 0.05) is 18.2 Å². The van der Waals surface area contributed by atoms with E-state index < -0.39 is 15.9 Å². The fourth-order valence-electron chi connectivity index (χ4n) is 2.37. The maximum Gasteiger partial charge on any atom is 0.251 e. The van der Waals surface area contributed by atoms with Crippen molar-refractivity contribution < 1.29 is 17.7 Å². The van der Waals surface area contributed by atoms with E-state index in [4.69, 9.17) is 16.1 Å². The number of halogens is 1. The molecule has 2 aromatic carbocycles. The summed E-state index contributed by atoms with van der Waals surface area (Å²) in [6.07, 6.45) is 1.09. The van der Waals surface area contributed by atoms with Crippen molar-refractivity contribution >= 4 is 33.2 Å². The molecule has 0 aliphatic carbocycles. The molecule has 0 fully saturated rings. The van der Waals surface area contributed by atoms with Crippen LogP contribution in [0.2, 0.25) is 5.02 Å². The van der Waals surface area contributed by atoms with Crippen LogP contribution in [0.5, 0.6) is 0 Å². The van der Waals surface area contributed by atoms with E-state index >= 15 is 0 Å². The van der Waals surface area contributed by atoms with Crippen LogP contribution in [0, 0.1) is 0 Å². The zero-order valence-electron chi connectivity index (χ0n) is 15.1. The molecule has 0 saturated carbocycles. The molecule has 1 aromatic heterocycles. The summed E-state index contributed by atoms with van der Waals surface area (Å²) in [5, 5.41) is 7.02. The average molecular weight is 421 g/mol. The molecule has 28 heavy (non-hydrogen) atoms. The maximum atomic E-state index is 12.4. The fourth-order valence-corrected chi connectivity index (χ4v) is 3.09. The normalized spacial score (nSPS) is 11.2. The van der Waals surface area contributed by atoms with E-state index in [0.29, 0.717) is 27.7 Å². The zero-order valence-corrected chi connectivity index (χ0v) is 16.7. The summed E-state index contributed by atoms with van der Waals surface area (Å²) in [5.74, 6) is 0.139. The lowest BCUT2D eigenvalue weighted by Gasteiger charge is -2.17. The first-order valence-electron chi connectivity index (χ1n) is 8.15. The van der Waals surface area contributed by atoms with Crippen molar-refractivity contribution in [3.8, 4) is 11.4 Å². The third kappa shape index (κ3) is 4.49. The number of rotatable bonds is 6. The number of nitrogens with zero attached hydrogens (tertiary/aromatic N) is 3. The summed E-state index contributed by atoms with van der Waals surface area (Å²) in [4.78, 5) is 16.6. The Morgan fingerprint density at radius 3 is 2.68 bits per heavy atom. The highest BCUT2D eigenvalue weighted by Crippen LogP contribution is 2.24. The van der Waals surface area contributed by atoms with Gasteiger partial charge in [0.15, 0.2) is 0 Å². The molecule has 3 rings (SSSR count). The van der Waals surface area contributed by atoms with E-state index in [1.165, 1.54) is 13.1 Å². The molecule has 8 nitrogen and oxygen atoms in total. The minimum absolute atomic E-state index is 0.0163. The number of carbonyl (C=O) groups is 1. The number of hydrogen-bond donors (Lipinski definition) is 1. The Hall–Kier alpha value is -2.91. The van der Waals surface area contributed by atoms with Crippen molar-refractivity contribution in [3.63, 3.8) is 0 Å². The van der Waals surface area contributed by atoms with Crippen LogP contribution in [0.15, 0.2) is 53.1 Å². The first-order chi connectivity index (χ1) is 13.3. The number of benzene rings is 2. The summed E-state index contributed by atoms with van der Waals surface area (Å²) in [5.41, 5.74) is 1.31. The monoisotopic (exact) mass is 420 g/mol. The molecule has 1 N–H and O–H groups in total. The molecule has 10 heteroatoms. The lowest BCUT2D eigenvalue weighted by molar-refractivity contribution is 0.0946. The highest BCUT2D eigenvalue weighted by Gasteiger charge is 2.15. The first-order valence-corrected chi connectivity index (χ1v) is 10.4. The minimum atomic E-state index is -3.42. The van der Waals surface area contributed by atoms with Gasteiger partial charge in [-0.25, -0.2) is 8.42 Å². The van der Waals surface area contributed by atoms with Crippen LogP contribution in [-0.4, -0.2) is 37.8 Å². The van der Waals surface area contributed by atoms with Crippen molar-refractivity contribution in [2.75, 3.05) is 17.6 Å². The van der Waals surface area contributed by atoms with Crippen LogP contribution in [0.4, 0.5) is 5.69 Å². The van der Waals surface area contributed by atoms with Gasteiger partial charge in [0.25, 0.3) is 5.91 Å². The summed E-state index contributed by atoms with van der Waals surface area (Å²) in [6.45, 7) is 0.0163. The van der Waals surface area contributed by atoms with Gasteiger partial charge in [0.2, 0.25) is 21.7 Å². The van der Waals surface area contributed by atoms with Gasteiger partial charge >= 0.3 is 0 Å². The van der Waals surface area contributed by atoms with E-state index in [1.807, 2.05) is 0 Å². The maximum absolute atomic E-state index is 12.4. The Labute approximate surface area is 167 Å². The van der Waals surface area contributed by atoms with Crippen LogP contribution < -0.4 is 9.62 Å². The standard InChI is InChI=1S/C18H17ClN4O4S/c1-23(28(2,25)26)13-7-5-6-12(10-13)18(24)20-11-16-21-17(22-27-16)14-8-3-4-9-15(14)19/h3-10H,11H2,1-2H3,(H,20,24). The van der Waals surface area contributed by atoms with Crippen LogP contribution >= 0.6 is 11.6 Å². The third-order valence-electron chi connectivity index (χ3n) is 3.95. The zero-order chi connectivity index (χ0) is 20.3. The van der Waals surface area contributed by atoms with E-state index in [9.17, 15) is 13.2 Å². The molecule has 0 atom stereocenters. The summed E-state index contributed by atoms with van der Waals surface area (Å²) < 4.78 is 29.6. The number of carbonyl (C=O) groups excluding carboxylic acids is 1. The molecule has 0 radical (unpaired) electrons. The van der Waals surface area contributed by atoms with Gasteiger partial charge in [0.1, 0.15) is 0 Å². The summed E-state index contributed by atoms with van der Waals surface area (Å²) in [6, 6.07) is 13.4. The lowest BCUT2D eigenvalue weighted by Crippen LogP contribution is -2.26. The number of amides is 1. The van der Waals surface area contributed by atoms with E-state index in [-0.39, 0.29) is 12.4 Å². The van der Waals surface area contributed by atoms with Gasteiger partial charge in [-0.1, -0.05) is 35.0 Å². The Kier molecular flexibility index (Phi) is 5.66. The highest BCUT2D eigenvalue weighted by atomic mass is 35.5. The number of anilines is 1.